The maximum atomic E-state index is 10.8. The summed E-state index contributed by atoms with van der Waals surface area (Å²) < 4.78 is 0. The molecule has 0 aliphatic heterocycles. The molecular formula is C14H23NO3. The summed E-state index contributed by atoms with van der Waals surface area (Å²) in [5.74, 6) is 0.202. The Kier molecular flexibility index (Phi) is 12.2. The van der Waals surface area contributed by atoms with E-state index in [0.29, 0.717) is 6.42 Å². The van der Waals surface area contributed by atoms with Gasteiger partial charge in [-0.05, 0) is 38.0 Å². The predicted octanol–water partition coefficient (Wildman–Crippen LogP) is 2.08. The Labute approximate surface area is 109 Å². The van der Waals surface area contributed by atoms with Crippen LogP contribution in [0.25, 0.3) is 0 Å². The van der Waals surface area contributed by atoms with Gasteiger partial charge in [-0.15, -0.1) is 0 Å². The average molecular weight is 253 g/mol. The zero-order chi connectivity index (χ0) is 14.6. The third kappa shape index (κ3) is 9.54. The molecule has 0 heterocycles. The maximum Gasteiger partial charge on any atom is 0.146 e. The second kappa shape index (κ2) is 11.8. The first kappa shape index (κ1) is 18.7. The Hall–Kier alpha value is -1.68. The molecule has 4 nitrogen and oxygen atoms in total. The molecule has 0 spiro atoms. The molecule has 0 saturated carbocycles. The fourth-order valence-electron chi connectivity index (χ4n) is 1.03. The topological polar surface area (TPSA) is 80.4 Å². The van der Waals surface area contributed by atoms with Crippen molar-refractivity contribution in [1.82, 2.24) is 0 Å². The molecule has 1 aromatic carbocycles. The normalized spacial score (nSPS) is 10.1. The number of hydrogen-bond acceptors (Lipinski definition) is 4. The van der Waals surface area contributed by atoms with Crippen LogP contribution in [0.3, 0.4) is 0 Å². The van der Waals surface area contributed by atoms with Crippen LogP contribution in [-0.2, 0) is 16.0 Å². The molecule has 0 radical (unpaired) electrons. The Morgan fingerprint density at radius 3 is 2.06 bits per heavy atom. The van der Waals surface area contributed by atoms with Crippen LogP contribution in [0.4, 0.5) is 0 Å². The molecule has 4 heteroatoms. The molecule has 0 amide bonds. The van der Waals surface area contributed by atoms with Gasteiger partial charge in [0.05, 0.1) is 6.04 Å². The van der Waals surface area contributed by atoms with E-state index in [9.17, 15) is 4.79 Å². The highest BCUT2D eigenvalue weighted by Gasteiger charge is 2.08. The van der Waals surface area contributed by atoms with Gasteiger partial charge >= 0.3 is 0 Å². The van der Waals surface area contributed by atoms with Crippen molar-refractivity contribution in [3.05, 3.63) is 29.8 Å². The second-order valence-electron chi connectivity index (χ2n) is 3.32. The molecule has 18 heavy (non-hydrogen) atoms. The minimum absolute atomic E-state index is 0.0203. The van der Waals surface area contributed by atoms with E-state index in [1.54, 1.807) is 24.3 Å². The molecule has 0 aliphatic carbocycles. The van der Waals surface area contributed by atoms with Gasteiger partial charge in [-0.2, -0.15) is 0 Å². The molecule has 0 fully saturated rings. The standard InChI is InChI=1S/C10H13NO2.C2H4O.C2H6/c1-7(12)10(11)6-8-2-4-9(13)5-3-8;1-2-3;1-2/h2-5,10,13H,6,11H2,1H3;2H,1H3;1-2H3/t10-;;/m0../s1. The van der Waals surface area contributed by atoms with Gasteiger partial charge in [-0.3, -0.25) is 4.79 Å². The third-order valence-electron chi connectivity index (χ3n) is 1.91. The number of Topliss-reactive ketones (excluding diaryl/α,β-unsaturated/α-hetero) is 1. The largest absolute Gasteiger partial charge is 0.508 e. The van der Waals surface area contributed by atoms with Gasteiger partial charge in [0.15, 0.2) is 0 Å². The number of ketones is 1. The summed E-state index contributed by atoms with van der Waals surface area (Å²) in [6.07, 6.45) is 1.27. The molecule has 0 saturated heterocycles. The molecule has 1 atom stereocenters. The number of aldehydes is 1. The highest BCUT2D eigenvalue weighted by atomic mass is 16.3. The highest BCUT2D eigenvalue weighted by Crippen LogP contribution is 2.10. The molecule has 1 aromatic rings. The summed E-state index contributed by atoms with van der Waals surface area (Å²) in [4.78, 5) is 19.6. The van der Waals surface area contributed by atoms with Crippen molar-refractivity contribution in [1.29, 1.82) is 0 Å². The quantitative estimate of drug-likeness (QED) is 0.808. The lowest BCUT2D eigenvalue weighted by Gasteiger charge is -2.07. The van der Waals surface area contributed by atoms with Crippen LogP contribution in [-0.4, -0.2) is 23.2 Å². The van der Waals surface area contributed by atoms with Crippen LogP contribution in [0.2, 0.25) is 0 Å². The Morgan fingerprint density at radius 1 is 1.33 bits per heavy atom. The van der Waals surface area contributed by atoms with Crippen LogP contribution in [0, 0.1) is 0 Å². The lowest BCUT2D eigenvalue weighted by Crippen LogP contribution is -2.30. The third-order valence-corrected chi connectivity index (χ3v) is 1.91. The molecule has 0 unspecified atom stereocenters. The minimum Gasteiger partial charge on any atom is -0.508 e. The van der Waals surface area contributed by atoms with Gasteiger partial charge in [-0.1, -0.05) is 26.0 Å². The van der Waals surface area contributed by atoms with Crippen molar-refractivity contribution in [2.24, 2.45) is 5.73 Å². The Bertz CT molecular complexity index is 333. The summed E-state index contributed by atoms with van der Waals surface area (Å²) in [5.41, 5.74) is 6.53. The number of nitrogens with two attached hydrogens (primary N) is 1. The van der Waals surface area contributed by atoms with Crippen LogP contribution in [0.5, 0.6) is 5.75 Å². The lowest BCUT2D eigenvalue weighted by atomic mass is 10.0. The first-order chi connectivity index (χ1) is 8.51. The van der Waals surface area contributed by atoms with Crippen molar-refractivity contribution in [3.63, 3.8) is 0 Å². The van der Waals surface area contributed by atoms with E-state index in [1.165, 1.54) is 13.8 Å². The van der Waals surface area contributed by atoms with Crippen molar-refractivity contribution in [2.45, 2.75) is 40.2 Å². The van der Waals surface area contributed by atoms with Gasteiger partial charge in [-0.25, -0.2) is 0 Å². The summed E-state index contributed by atoms with van der Waals surface area (Å²) in [7, 11) is 0. The molecule has 102 valence electrons. The van der Waals surface area contributed by atoms with Crippen LogP contribution >= 0.6 is 0 Å². The monoisotopic (exact) mass is 253 g/mol. The van der Waals surface area contributed by atoms with E-state index in [-0.39, 0.29) is 11.5 Å². The van der Waals surface area contributed by atoms with Gasteiger partial charge < -0.3 is 15.6 Å². The van der Waals surface area contributed by atoms with E-state index in [2.05, 4.69) is 0 Å². The minimum atomic E-state index is -0.440. The first-order valence-electron chi connectivity index (χ1n) is 5.95. The lowest BCUT2D eigenvalue weighted by molar-refractivity contribution is -0.118. The molecular weight excluding hydrogens is 230 g/mol. The SMILES string of the molecule is CC.CC(=O)[C@@H](N)Cc1ccc(O)cc1.CC=O. The maximum absolute atomic E-state index is 10.8. The van der Waals surface area contributed by atoms with Gasteiger partial charge in [0.25, 0.3) is 0 Å². The zero-order valence-electron chi connectivity index (χ0n) is 11.5. The smallest absolute Gasteiger partial charge is 0.146 e. The number of carbonyl (C=O) groups excluding carboxylic acids is 2. The number of rotatable bonds is 3. The van der Waals surface area contributed by atoms with Crippen molar-refractivity contribution < 1.29 is 14.7 Å². The number of aromatic hydroxyl groups is 1. The van der Waals surface area contributed by atoms with E-state index < -0.39 is 6.04 Å². The van der Waals surface area contributed by atoms with E-state index >= 15 is 0 Å². The number of carbonyl (C=O) groups is 2. The Morgan fingerprint density at radius 2 is 1.72 bits per heavy atom. The zero-order valence-corrected chi connectivity index (χ0v) is 11.5. The van der Waals surface area contributed by atoms with Gasteiger partial charge in [0.2, 0.25) is 0 Å². The average Bonchev–Trinajstić information content (AvgIpc) is 2.35. The molecule has 0 bridgehead atoms. The summed E-state index contributed by atoms with van der Waals surface area (Å²) >= 11 is 0. The first-order valence-corrected chi connectivity index (χ1v) is 5.95. The molecule has 0 aromatic heterocycles. The predicted molar refractivity (Wildman–Crippen MR) is 73.6 cm³/mol. The number of phenols is 1. The van der Waals surface area contributed by atoms with Crippen molar-refractivity contribution in [3.8, 4) is 5.75 Å². The summed E-state index contributed by atoms with van der Waals surface area (Å²) in [6.45, 7) is 6.92. The number of phenolic OH excluding ortho intramolecular Hbond substituents is 1. The van der Waals surface area contributed by atoms with Crippen LogP contribution in [0.15, 0.2) is 24.3 Å². The molecule has 1 rings (SSSR count). The molecule has 3 N–H and O–H groups in total. The number of benzene rings is 1. The highest BCUT2D eigenvalue weighted by molar-refractivity contribution is 5.81. The summed E-state index contributed by atoms with van der Waals surface area (Å²) in [6, 6.07) is 6.25. The Balaban J connectivity index is 0. The van der Waals surface area contributed by atoms with E-state index in [4.69, 9.17) is 15.6 Å². The van der Waals surface area contributed by atoms with Gasteiger partial charge in [0, 0.05) is 0 Å². The fraction of sp³-hybridized carbons (Fsp3) is 0.429. The van der Waals surface area contributed by atoms with Crippen LogP contribution in [0.1, 0.15) is 33.3 Å². The van der Waals surface area contributed by atoms with E-state index in [0.717, 1.165) is 11.8 Å². The molecule has 0 aliphatic rings. The summed E-state index contributed by atoms with van der Waals surface area (Å²) in [5, 5.41) is 9.00. The van der Waals surface area contributed by atoms with E-state index in [1.807, 2.05) is 13.8 Å². The fourth-order valence-corrected chi connectivity index (χ4v) is 1.03. The number of hydrogen-bond donors (Lipinski definition) is 2. The van der Waals surface area contributed by atoms with Gasteiger partial charge in [0.1, 0.15) is 17.8 Å². The van der Waals surface area contributed by atoms with Crippen molar-refractivity contribution in [2.75, 3.05) is 0 Å². The van der Waals surface area contributed by atoms with Crippen LogP contribution < -0.4 is 5.73 Å². The van der Waals surface area contributed by atoms with Crippen molar-refractivity contribution >= 4 is 12.1 Å². The second-order valence-corrected chi connectivity index (χ2v) is 3.32.